The quantitative estimate of drug-likeness (QED) is 0.834. The van der Waals surface area contributed by atoms with Gasteiger partial charge in [-0.05, 0) is 37.1 Å². The molecule has 2 nitrogen and oxygen atoms in total. The molecule has 1 N–H and O–H groups in total. The van der Waals surface area contributed by atoms with Crippen LogP contribution in [0.25, 0.3) is 0 Å². The molecule has 1 aromatic rings. The molecule has 0 spiro atoms. The number of piperidine rings is 1. The zero-order valence-electron chi connectivity index (χ0n) is 8.50. The van der Waals surface area contributed by atoms with Gasteiger partial charge in [0.15, 0.2) is 0 Å². The van der Waals surface area contributed by atoms with E-state index in [9.17, 15) is 4.79 Å². The summed E-state index contributed by atoms with van der Waals surface area (Å²) in [7, 11) is 0. The molecule has 3 heteroatoms. The summed E-state index contributed by atoms with van der Waals surface area (Å²) in [5.41, 5.74) is 0.812. The molecule has 1 aromatic carbocycles. The average molecular weight is 268 g/mol. The van der Waals surface area contributed by atoms with Crippen molar-refractivity contribution in [2.45, 2.75) is 18.3 Å². The molecule has 0 aromatic heterocycles. The largest absolute Gasteiger partial charge is 0.315 e. The first-order valence-electron chi connectivity index (χ1n) is 5.20. The van der Waals surface area contributed by atoms with Gasteiger partial charge in [0.1, 0.15) is 6.29 Å². The predicted molar refractivity (Wildman–Crippen MR) is 64.0 cm³/mol. The zero-order chi connectivity index (χ0) is 10.7. The summed E-state index contributed by atoms with van der Waals surface area (Å²) in [6, 6.07) is 8.06. The maximum absolute atomic E-state index is 11.3. The Kier molecular flexibility index (Phi) is 3.22. The van der Waals surface area contributed by atoms with Gasteiger partial charge in [0.05, 0.1) is 5.41 Å². The summed E-state index contributed by atoms with van der Waals surface area (Å²) in [6.45, 7) is 1.78. The highest BCUT2D eigenvalue weighted by atomic mass is 79.9. The Morgan fingerprint density at radius 1 is 1.33 bits per heavy atom. The summed E-state index contributed by atoms with van der Waals surface area (Å²) < 4.78 is 1.05. The number of hydrogen-bond acceptors (Lipinski definition) is 2. The first kappa shape index (κ1) is 10.8. The number of hydrogen-bond donors (Lipinski definition) is 1. The average Bonchev–Trinajstić information content (AvgIpc) is 2.31. The van der Waals surface area contributed by atoms with Gasteiger partial charge in [-0.15, -0.1) is 0 Å². The Hall–Kier alpha value is -0.670. The van der Waals surface area contributed by atoms with E-state index in [1.54, 1.807) is 0 Å². The second-order valence-electron chi connectivity index (χ2n) is 4.06. The number of aldehydes is 1. The van der Waals surface area contributed by atoms with E-state index in [0.717, 1.165) is 42.3 Å². The van der Waals surface area contributed by atoms with Crippen molar-refractivity contribution in [3.8, 4) is 0 Å². The van der Waals surface area contributed by atoms with Crippen molar-refractivity contribution >= 4 is 22.2 Å². The van der Waals surface area contributed by atoms with Gasteiger partial charge in [0.2, 0.25) is 0 Å². The number of halogens is 1. The molecule has 1 aliphatic heterocycles. The summed E-state index contributed by atoms with van der Waals surface area (Å²) in [5.74, 6) is 0. The number of carbonyl (C=O) groups excluding carboxylic acids is 1. The van der Waals surface area contributed by atoms with Crippen molar-refractivity contribution in [1.29, 1.82) is 0 Å². The standard InChI is InChI=1S/C12H14BrNO/c13-11-4-2-10(3-5-11)12(9-15)6-1-7-14-8-12/h2-5,9,14H,1,6-8H2. The van der Waals surface area contributed by atoms with E-state index < -0.39 is 0 Å². The molecule has 0 bridgehead atoms. The van der Waals surface area contributed by atoms with Gasteiger partial charge in [0, 0.05) is 11.0 Å². The smallest absolute Gasteiger partial charge is 0.131 e. The number of benzene rings is 1. The fraction of sp³-hybridized carbons (Fsp3) is 0.417. The molecule has 1 heterocycles. The molecule has 0 amide bonds. The summed E-state index contributed by atoms with van der Waals surface area (Å²) in [4.78, 5) is 11.3. The molecule has 0 aliphatic carbocycles. The van der Waals surface area contributed by atoms with Crippen LogP contribution in [0.3, 0.4) is 0 Å². The van der Waals surface area contributed by atoms with Gasteiger partial charge in [-0.1, -0.05) is 28.1 Å². The maximum atomic E-state index is 11.3. The van der Waals surface area contributed by atoms with E-state index in [-0.39, 0.29) is 5.41 Å². The Bertz CT molecular complexity index is 341. The van der Waals surface area contributed by atoms with Crippen LogP contribution in [0.5, 0.6) is 0 Å². The van der Waals surface area contributed by atoms with Crippen molar-refractivity contribution in [3.63, 3.8) is 0 Å². The molecule has 1 saturated heterocycles. The van der Waals surface area contributed by atoms with Crippen molar-refractivity contribution < 1.29 is 4.79 Å². The highest BCUT2D eigenvalue weighted by Crippen LogP contribution is 2.29. The van der Waals surface area contributed by atoms with Crippen molar-refractivity contribution in [2.75, 3.05) is 13.1 Å². The van der Waals surface area contributed by atoms with E-state index >= 15 is 0 Å². The van der Waals surface area contributed by atoms with E-state index in [2.05, 4.69) is 21.2 Å². The van der Waals surface area contributed by atoms with Gasteiger partial charge in [0.25, 0.3) is 0 Å². The first-order chi connectivity index (χ1) is 7.27. The molecule has 1 unspecified atom stereocenters. The number of rotatable bonds is 2. The van der Waals surface area contributed by atoms with E-state index in [0.29, 0.717) is 0 Å². The van der Waals surface area contributed by atoms with Crippen LogP contribution >= 0.6 is 15.9 Å². The van der Waals surface area contributed by atoms with Gasteiger partial charge in [-0.25, -0.2) is 0 Å². The van der Waals surface area contributed by atoms with Crippen molar-refractivity contribution in [2.24, 2.45) is 0 Å². The molecule has 80 valence electrons. The second-order valence-corrected chi connectivity index (χ2v) is 4.98. The number of nitrogens with one attached hydrogen (secondary N) is 1. The zero-order valence-corrected chi connectivity index (χ0v) is 10.1. The van der Waals surface area contributed by atoms with Gasteiger partial charge in [-0.2, -0.15) is 0 Å². The third kappa shape index (κ3) is 2.13. The lowest BCUT2D eigenvalue weighted by Gasteiger charge is -2.33. The van der Waals surface area contributed by atoms with Crippen LogP contribution in [0.1, 0.15) is 18.4 Å². The normalized spacial score (nSPS) is 26.2. The van der Waals surface area contributed by atoms with Crippen molar-refractivity contribution in [1.82, 2.24) is 5.32 Å². The van der Waals surface area contributed by atoms with Crippen LogP contribution in [0, 0.1) is 0 Å². The molecular weight excluding hydrogens is 254 g/mol. The minimum atomic E-state index is -0.307. The third-order valence-electron chi connectivity index (χ3n) is 3.06. The predicted octanol–water partition coefficient (Wildman–Crippen LogP) is 2.27. The molecule has 1 fully saturated rings. The lowest BCUT2D eigenvalue weighted by atomic mass is 9.76. The summed E-state index contributed by atoms with van der Waals surface area (Å²) in [6.07, 6.45) is 3.11. The van der Waals surface area contributed by atoms with Crippen LogP contribution < -0.4 is 5.32 Å². The van der Waals surface area contributed by atoms with Crippen molar-refractivity contribution in [3.05, 3.63) is 34.3 Å². The lowest BCUT2D eigenvalue weighted by Crippen LogP contribution is -2.44. The highest BCUT2D eigenvalue weighted by molar-refractivity contribution is 9.10. The second kappa shape index (κ2) is 4.45. The summed E-state index contributed by atoms with van der Waals surface area (Å²) >= 11 is 3.41. The Balaban J connectivity index is 2.32. The highest BCUT2D eigenvalue weighted by Gasteiger charge is 2.33. The molecule has 1 atom stereocenters. The Morgan fingerprint density at radius 3 is 2.60 bits per heavy atom. The van der Waals surface area contributed by atoms with E-state index in [1.807, 2.05) is 24.3 Å². The fourth-order valence-electron chi connectivity index (χ4n) is 2.13. The topological polar surface area (TPSA) is 29.1 Å². The van der Waals surface area contributed by atoms with E-state index in [4.69, 9.17) is 0 Å². The maximum Gasteiger partial charge on any atom is 0.131 e. The van der Waals surface area contributed by atoms with Crippen LogP contribution in [0.15, 0.2) is 28.7 Å². The van der Waals surface area contributed by atoms with Crippen LogP contribution in [-0.4, -0.2) is 19.4 Å². The summed E-state index contributed by atoms with van der Waals surface area (Å²) in [5, 5.41) is 3.30. The minimum absolute atomic E-state index is 0.307. The molecule has 0 saturated carbocycles. The van der Waals surface area contributed by atoms with Crippen LogP contribution in [0.2, 0.25) is 0 Å². The SMILES string of the molecule is O=CC1(c2ccc(Br)cc2)CCCNC1. The number of carbonyl (C=O) groups is 1. The fourth-order valence-corrected chi connectivity index (χ4v) is 2.39. The van der Waals surface area contributed by atoms with Gasteiger partial charge < -0.3 is 10.1 Å². The Morgan fingerprint density at radius 2 is 2.07 bits per heavy atom. The first-order valence-corrected chi connectivity index (χ1v) is 5.99. The molecular formula is C12H14BrNO. The third-order valence-corrected chi connectivity index (χ3v) is 3.59. The molecule has 2 rings (SSSR count). The molecule has 0 radical (unpaired) electrons. The molecule has 1 aliphatic rings. The lowest BCUT2D eigenvalue weighted by molar-refractivity contribution is -0.113. The Labute approximate surface area is 98.2 Å². The minimum Gasteiger partial charge on any atom is -0.315 e. The van der Waals surface area contributed by atoms with E-state index in [1.165, 1.54) is 0 Å². The van der Waals surface area contributed by atoms with Crippen LogP contribution in [0.4, 0.5) is 0 Å². The molecule has 15 heavy (non-hydrogen) atoms. The van der Waals surface area contributed by atoms with Crippen LogP contribution in [-0.2, 0) is 10.2 Å². The van der Waals surface area contributed by atoms with Gasteiger partial charge in [-0.3, -0.25) is 0 Å². The van der Waals surface area contributed by atoms with Gasteiger partial charge >= 0.3 is 0 Å². The monoisotopic (exact) mass is 267 g/mol.